The number of benzene rings is 1. The Morgan fingerprint density at radius 1 is 1.23 bits per heavy atom. The zero-order valence-electron chi connectivity index (χ0n) is 17.4. The van der Waals surface area contributed by atoms with E-state index in [0.29, 0.717) is 20.6 Å². The molecule has 3 heterocycles. The van der Waals surface area contributed by atoms with Gasteiger partial charge in [0.1, 0.15) is 0 Å². The second-order valence-corrected chi connectivity index (χ2v) is 8.27. The molecule has 0 fully saturated rings. The maximum atomic E-state index is 13.4. The van der Waals surface area contributed by atoms with Crippen molar-refractivity contribution in [1.29, 1.82) is 0 Å². The van der Waals surface area contributed by atoms with E-state index in [1.165, 1.54) is 11.3 Å². The van der Waals surface area contributed by atoms with Crippen LogP contribution in [0.3, 0.4) is 0 Å². The summed E-state index contributed by atoms with van der Waals surface area (Å²) >= 11 is 1.33. The monoisotopic (exact) mass is 421 g/mol. The summed E-state index contributed by atoms with van der Waals surface area (Å²) in [6.07, 6.45) is 3.79. The largest absolute Gasteiger partial charge is 0.463 e. The molecule has 3 aromatic rings. The normalized spacial score (nSPS) is 16.4. The van der Waals surface area contributed by atoms with Gasteiger partial charge in [0.05, 0.1) is 28.5 Å². The summed E-state index contributed by atoms with van der Waals surface area (Å²) < 4.78 is 9.45. The van der Waals surface area contributed by atoms with E-state index in [1.807, 2.05) is 67.2 Å². The number of aromatic nitrogens is 2. The lowest BCUT2D eigenvalue weighted by atomic mass is 9.95. The number of ether oxygens (including phenoxy) is 1. The zero-order valence-corrected chi connectivity index (χ0v) is 18.2. The standard InChI is InChI=1S/C23H23N3O3S/c1-5-29-22(28)19-15(3)24-23-26(20(19)16-10-8-14(2)9-11-16)21(27)18(30-23)13-17-7-6-12-25(17)4/h6-13,20H,5H2,1-4H3. The lowest BCUT2D eigenvalue weighted by Gasteiger charge is -2.24. The fourth-order valence-electron chi connectivity index (χ4n) is 3.61. The Morgan fingerprint density at radius 2 is 1.97 bits per heavy atom. The number of hydrogen-bond acceptors (Lipinski definition) is 5. The lowest BCUT2D eigenvalue weighted by molar-refractivity contribution is -0.139. The van der Waals surface area contributed by atoms with Crippen LogP contribution in [0.5, 0.6) is 0 Å². The van der Waals surface area contributed by atoms with Crippen molar-refractivity contribution in [3.63, 3.8) is 0 Å². The van der Waals surface area contributed by atoms with E-state index in [0.717, 1.165) is 16.8 Å². The molecule has 1 aromatic carbocycles. The molecule has 1 unspecified atom stereocenters. The van der Waals surface area contributed by atoms with E-state index in [2.05, 4.69) is 4.99 Å². The summed E-state index contributed by atoms with van der Waals surface area (Å²) in [4.78, 5) is 31.4. The van der Waals surface area contributed by atoms with E-state index in [1.54, 1.807) is 18.4 Å². The summed E-state index contributed by atoms with van der Waals surface area (Å²) in [5, 5.41) is 0. The predicted octanol–water partition coefficient (Wildman–Crippen LogP) is 2.45. The smallest absolute Gasteiger partial charge is 0.338 e. The number of fused-ring (bicyclic) bond motifs is 1. The molecule has 2 aromatic heterocycles. The number of carbonyl (C=O) groups excluding carboxylic acids is 1. The van der Waals surface area contributed by atoms with Gasteiger partial charge in [0.25, 0.3) is 5.56 Å². The molecule has 0 aliphatic carbocycles. The zero-order chi connectivity index (χ0) is 21.4. The van der Waals surface area contributed by atoms with Crippen LogP contribution < -0.4 is 14.9 Å². The first-order valence-corrected chi connectivity index (χ1v) is 10.6. The van der Waals surface area contributed by atoms with Crippen molar-refractivity contribution in [3.05, 3.63) is 90.4 Å². The van der Waals surface area contributed by atoms with E-state index in [9.17, 15) is 9.59 Å². The van der Waals surface area contributed by atoms with Crippen LogP contribution in [0.2, 0.25) is 0 Å². The molecule has 0 bridgehead atoms. The third-order valence-electron chi connectivity index (χ3n) is 5.17. The SMILES string of the molecule is CCOC(=O)C1=C(C)N=c2sc(=Cc3cccn3C)c(=O)n2C1c1ccc(C)cc1. The van der Waals surface area contributed by atoms with Crippen molar-refractivity contribution < 1.29 is 9.53 Å². The highest BCUT2D eigenvalue weighted by Crippen LogP contribution is 2.30. The van der Waals surface area contributed by atoms with E-state index >= 15 is 0 Å². The third kappa shape index (κ3) is 3.45. The quantitative estimate of drug-likeness (QED) is 0.608. The minimum absolute atomic E-state index is 0.167. The van der Waals surface area contributed by atoms with Gasteiger partial charge in [0.2, 0.25) is 0 Å². The molecule has 0 N–H and O–H groups in total. The van der Waals surface area contributed by atoms with Crippen LogP contribution in [0.4, 0.5) is 0 Å². The lowest BCUT2D eigenvalue weighted by Crippen LogP contribution is -2.40. The molecule has 7 heteroatoms. The Hall–Kier alpha value is -3.19. The van der Waals surface area contributed by atoms with Gasteiger partial charge in [-0.05, 0) is 44.5 Å². The first-order valence-electron chi connectivity index (χ1n) is 9.78. The fourth-order valence-corrected chi connectivity index (χ4v) is 4.65. The minimum Gasteiger partial charge on any atom is -0.463 e. The molecule has 0 amide bonds. The van der Waals surface area contributed by atoms with Crippen LogP contribution in [0.25, 0.3) is 6.08 Å². The molecule has 1 aliphatic heterocycles. The van der Waals surface area contributed by atoms with Gasteiger partial charge in [-0.2, -0.15) is 0 Å². The predicted molar refractivity (Wildman–Crippen MR) is 117 cm³/mol. The van der Waals surface area contributed by atoms with Gasteiger partial charge in [-0.15, -0.1) is 0 Å². The van der Waals surface area contributed by atoms with Gasteiger partial charge in [-0.1, -0.05) is 41.2 Å². The van der Waals surface area contributed by atoms with Crippen LogP contribution in [-0.4, -0.2) is 21.7 Å². The molecule has 0 spiro atoms. The highest BCUT2D eigenvalue weighted by molar-refractivity contribution is 7.07. The average molecular weight is 422 g/mol. The molecule has 0 radical (unpaired) electrons. The molecule has 1 aliphatic rings. The maximum Gasteiger partial charge on any atom is 0.338 e. The second-order valence-electron chi connectivity index (χ2n) is 7.26. The average Bonchev–Trinajstić information content (AvgIpc) is 3.25. The molecular formula is C23H23N3O3S. The summed E-state index contributed by atoms with van der Waals surface area (Å²) in [6.45, 7) is 5.82. The van der Waals surface area contributed by atoms with Gasteiger partial charge in [-0.25, -0.2) is 9.79 Å². The summed E-state index contributed by atoms with van der Waals surface area (Å²) in [7, 11) is 1.93. The molecule has 154 valence electrons. The number of rotatable bonds is 4. The second kappa shape index (κ2) is 7.91. The molecule has 0 saturated carbocycles. The van der Waals surface area contributed by atoms with Crippen molar-refractivity contribution in [2.24, 2.45) is 12.0 Å². The van der Waals surface area contributed by atoms with E-state index in [4.69, 9.17) is 4.74 Å². The van der Waals surface area contributed by atoms with E-state index in [-0.39, 0.29) is 12.2 Å². The molecule has 4 rings (SSSR count). The van der Waals surface area contributed by atoms with Gasteiger partial charge in [0.15, 0.2) is 4.80 Å². The Bertz CT molecular complexity index is 1320. The number of nitrogens with zero attached hydrogens (tertiary/aromatic N) is 3. The van der Waals surface area contributed by atoms with Crippen LogP contribution >= 0.6 is 11.3 Å². The number of thiazole rings is 1. The van der Waals surface area contributed by atoms with Gasteiger partial charge in [-0.3, -0.25) is 9.36 Å². The first-order chi connectivity index (χ1) is 14.4. The van der Waals surface area contributed by atoms with Crippen molar-refractivity contribution in [2.75, 3.05) is 6.61 Å². The van der Waals surface area contributed by atoms with Crippen LogP contribution in [0, 0.1) is 6.92 Å². The number of hydrogen-bond donors (Lipinski definition) is 0. The first kappa shape index (κ1) is 20.1. The van der Waals surface area contributed by atoms with Crippen molar-refractivity contribution in [3.8, 4) is 0 Å². The number of esters is 1. The van der Waals surface area contributed by atoms with Crippen molar-refractivity contribution >= 4 is 23.4 Å². The van der Waals surface area contributed by atoms with Crippen LogP contribution in [0.15, 0.2) is 63.7 Å². The Balaban J connectivity index is 1.97. The van der Waals surface area contributed by atoms with Gasteiger partial charge >= 0.3 is 5.97 Å². The van der Waals surface area contributed by atoms with Gasteiger partial charge in [0, 0.05) is 18.9 Å². The molecule has 0 saturated heterocycles. The number of carbonyl (C=O) groups is 1. The van der Waals surface area contributed by atoms with Crippen LogP contribution in [-0.2, 0) is 16.6 Å². The van der Waals surface area contributed by atoms with Crippen LogP contribution in [0.1, 0.15) is 36.7 Å². The summed E-state index contributed by atoms with van der Waals surface area (Å²) in [5.74, 6) is -0.443. The Labute approximate surface area is 178 Å². The van der Waals surface area contributed by atoms with Crippen molar-refractivity contribution in [2.45, 2.75) is 26.8 Å². The molecule has 6 nitrogen and oxygen atoms in total. The molecule has 1 atom stereocenters. The minimum atomic E-state index is -0.573. The highest BCUT2D eigenvalue weighted by Gasteiger charge is 2.33. The Morgan fingerprint density at radius 3 is 2.60 bits per heavy atom. The topological polar surface area (TPSA) is 65.6 Å². The summed E-state index contributed by atoms with van der Waals surface area (Å²) in [5.41, 5.74) is 3.69. The summed E-state index contributed by atoms with van der Waals surface area (Å²) in [6, 6.07) is 11.2. The maximum absolute atomic E-state index is 13.4. The number of aryl methyl sites for hydroxylation is 2. The Kier molecular flexibility index (Phi) is 5.30. The third-order valence-corrected chi connectivity index (χ3v) is 6.16. The number of allylic oxidation sites excluding steroid dienone is 1. The van der Waals surface area contributed by atoms with Gasteiger partial charge < -0.3 is 9.30 Å². The van der Waals surface area contributed by atoms with E-state index < -0.39 is 12.0 Å². The molecular weight excluding hydrogens is 398 g/mol. The highest BCUT2D eigenvalue weighted by atomic mass is 32.1. The van der Waals surface area contributed by atoms with Crippen molar-refractivity contribution in [1.82, 2.24) is 9.13 Å². The molecule has 30 heavy (non-hydrogen) atoms. The fraction of sp³-hybridized carbons (Fsp3) is 0.261.